The van der Waals surface area contributed by atoms with Crippen LogP contribution in [0.3, 0.4) is 0 Å². The van der Waals surface area contributed by atoms with Gasteiger partial charge in [0.15, 0.2) is 0 Å². The normalized spacial score (nSPS) is 14.8. The van der Waals surface area contributed by atoms with Crippen LogP contribution in [0.5, 0.6) is 0 Å². The number of aryl methyl sites for hydroxylation is 1. The Morgan fingerprint density at radius 3 is 2.68 bits per heavy atom. The number of aromatic nitrogens is 3. The lowest BCUT2D eigenvalue weighted by Crippen LogP contribution is -2.14. The molecule has 3 aromatic carbocycles. The van der Waals surface area contributed by atoms with Crippen LogP contribution in [0.1, 0.15) is 28.3 Å². The van der Waals surface area contributed by atoms with Crippen LogP contribution >= 0.6 is 0 Å². The molecule has 31 heavy (non-hydrogen) atoms. The van der Waals surface area contributed by atoms with Crippen LogP contribution in [-0.4, -0.2) is 15.0 Å². The Labute approximate surface area is 181 Å². The molecule has 0 amide bonds. The van der Waals surface area contributed by atoms with Crippen LogP contribution < -0.4 is 5.32 Å². The summed E-state index contributed by atoms with van der Waals surface area (Å²) in [5.41, 5.74) is 9.34. The molecular formula is C27H22N4. The maximum absolute atomic E-state index is 4.93. The SMILES string of the molecule is Cc1cc2cc(Nc3ncc4c(n3)-c3ccccc3C(c3ccccc3)C4)ccc2[nH]1. The Kier molecular flexibility index (Phi) is 4.10. The topological polar surface area (TPSA) is 53.6 Å². The van der Waals surface area contributed by atoms with E-state index in [2.05, 4.69) is 101 Å². The zero-order valence-corrected chi connectivity index (χ0v) is 17.3. The van der Waals surface area contributed by atoms with Crippen molar-refractivity contribution in [2.24, 2.45) is 0 Å². The summed E-state index contributed by atoms with van der Waals surface area (Å²) in [6.45, 7) is 2.07. The molecular weight excluding hydrogens is 380 g/mol. The number of H-pyrrole nitrogens is 1. The summed E-state index contributed by atoms with van der Waals surface area (Å²) >= 11 is 0. The zero-order valence-electron chi connectivity index (χ0n) is 17.3. The van der Waals surface area contributed by atoms with Gasteiger partial charge in [-0.3, -0.25) is 0 Å². The molecule has 0 saturated heterocycles. The summed E-state index contributed by atoms with van der Waals surface area (Å²) in [4.78, 5) is 12.9. The summed E-state index contributed by atoms with van der Waals surface area (Å²) in [7, 11) is 0. The van der Waals surface area contributed by atoms with Gasteiger partial charge >= 0.3 is 0 Å². The second kappa shape index (κ2) is 7.10. The van der Waals surface area contributed by atoms with Gasteiger partial charge < -0.3 is 10.3 Å². The number of aromatic amines is 1. The first kappa shape index (κ1) is 17.9. The van der Waals surface area contributed by atoms with E-state index in [4.69, 9.17) is 4.98 Å². The molecule has 0 spiro atoms. The molecule has 2 aromatic heterocycles. The van der Waals surface area contributed by atoms with Crippen LogP contribution in [0.15, 0.2) is 85.1 Å². The van der Waals surface area contributed by atoms with E-state index in [9.17, 15) is 0 Å². The quantitative estimate of drug-likeness (QED) is 0.369. The average Bonchev–Trinajstić information content (AvgIpc) is 3.18. The second-order valence-electron chi connectivity index (χ2n) is 8.20. The van der Waals surface area contributed by atoms with Crippen molar-refractivity contribution in [2.75, 3.05) is 5.32 Å². The summed E-state index contributed by atoms with van der Waals surface area (Å²) in [5.74, 6) is 0.949. The van der Waals surface area contributed by atoms with Crippen molar-refractivity contribution in [3.05, 3.63) is 107 Å². The number of rotatable bonds is 3. The monoisotopic (exact) mass is 402 g/mol. The van der Waals surface area contributed by atoms with Gasteiger partial charge in [0.1, 0.15) is 0 Å². The molecule has 0 bridgehead atoms. The molecule has 6 rings (SSSR count). The molecule has 1 aliphatic carbocycles. The van der Waals surface area contributed by atoms with Gasteiger partial charge in [0.25, 0.3) is 0 Å². The number of hydrogen-bond acceptors (Lipinski definition) is 3. The minimum absolute atomic E-state index is 0.326. The van der Waals surface area contributed by atoms with E-state index >= 15 is 0 Å². The number of hydrogen-bond donors (Lipinski definition) is 2. The Morgan fingerprint density at radius 2 is 1.77 bits per heavy atom. The van der Waals surface area contributed by atoms with E-state index in [1.807, 2.05) is 6.20 Å². The van der Waals surface area contributed by atoms with Gasteiger partial charge in [-0.2, -0.15) is 0 Å². The zero-order chi connectivity index (χ0) is 20.8. The van der Waals surface area contributed by atoms with Gasteiger partial charge in [0, 0.05) is 40.0 Å². The third kappa shape index (κ3) is 3.17. The first-order chi connectivity index (χ1) is 15.2. The molecule has 0 radical (unpaired) electrons. The van der Waals surface area contributed by atoms with Crippen molar-refractivity contribution in [1.82, 2.24) is 15.0 Å². The van der Waals surface area contributed by atoms with Crippen molar-refractivity contribution in [3.8, 4) is 11.3 Å². The van der Waals surface area contributed by atoms with Crippen molar-refractivity contribution in [3.63, 3.8) is 0 Å². The van der Waals surface area contributed by atoms with Crippen LogP contribution in [0.2, 0.25) is 0 Å². The van der Waals surface area contributed by atoms with E-state index in [0.717, 1.165) is 29.0 Å². The molecule has 1 unspecified atom stereocenters. The van der Waals surface area contributed by atoms with E-state index in [1.54, 1.807) is 0 Å². The molecule has 0 aliphatic heterocycles. The maximum atomic E-state index is 4.93. The fourth-order valence-corrected chi connectivity index (χ4v) is 4.66. The molecule has 2 N–H and O–H groups in total. The molecule has 150 valence electrons. The second-order valence-corrected chi connectivity index (χ2v) is 8.20. The van der Waals surface area contributed by atoms with Gasteiger partial charge in [-0.05, 0) is 54.3 Å². The smallest absolute Gasteiger partial charge is 0.227 e. The largest absolute Gasteiger partial charge is 0.359 e. The van der Waals surface area contributed by atoms with Gasteiger partial charge in [0.05, 0.1) is 5.69 Å². The lowest BCUT2D eigenvalue weighted by atomic mass is 9.78. The Balaban J connectivity index is 1.38. The maximum Gasteiger partial charge on any atom is 0.227 e. The van der Waals surface area contributed by atoms with Crippen LogP contribution in [0.25, 0.3) is 22.2 Å². The van der Waals surface area contributed by atoms with Gasteiger partial charge in [-0.15, -0.1) is 0 Å². The van der Waals surface area contributed by atoms with Crippen molar-refractivity contribution in [2.45, 2.75) is 19.3 Å². The highest BCUT2D eigenvalue weighted by atomic mass is 15.1. The van der Waals surface area contributed by atoms with E-state index in [0.29, 0.717) is 11.9 Å². The third-order valence-electron chi connectivity index (χ3n) is 6.09. The van der Waals surface area contributed by atoms with Crippen LogP contribution in [-0.2, 0) is 6.42 Å². The fourth-order valence-electron chi connectivity index (χ4n) is 4.66. The van der Waals surface area contributed by atoms with Crippen LogP contribution in [0, 0.1) is 6.92 Å². The third-order valence-corrected chi connectivity index (χ3v) is 6.09. The predicted molar refractivity (Wildman–Crippen MR) is 126 cm³/mol. The minimum atomic E-state index is 0.326. The standard InChI is InChI=1S/C27H22N4/c1-17-13-19-14-21(11-12-25(19)29-17)30-27-28-16-20-15-24(18-7-3-2-4-8-18)22-9-5-6-10-23(22)26(20)31-27/h2-14,16,24,29H,15H2,1H3,(H,28,30,31). The van der Waals surface area contributed by atoms with Gasteiger partial charge in [-0.25, -0.2) is 9.97 Å². The van der Waals surface area contributed by atoms with E-state index in [1.165, 1.54) is 27.6 Å². The summed E-state index contributed by atoms with van der Waals surface area (Å²) in [6.07, 6.45) is 2.89. The first-order valence-corrected chi connectivity index (χ1v) is 10.6. The Morgan fingerprint density at radius 1 is 0.935 bits per heavy atom. The number of anilines is 2. The molecule has 4 nitrogen and oxygen atoms in total. The Hall–Kier alpha value is -3.92. The van der Waals surface area contributed by atoms with E-state index < -0.39 is 0 Å². The summed E-state index contributed by atoms with van der Waals surface area (Å²) in [6, 6.07) is 27.7. The fraction of sp³-hybridized carbons (Fsp3) is 0.111. The number of nitrogens with one attached hydrogen (secondary N) is 2. The van der Waals surface area contributed by atoms with Crippen molar-refractivity contribution >= 4 is 22.5 Å². The summed E-state index contributed by atoms with van der Waals surface area (Å²) < 4.78 is 0. The minimum Gasteiger partial charge on any atom is -0.359 e. The summed E-state index contributed by atoms with van der Waals surface area (Å²) in [5, 5.41) is 4.57. The lowest BCUT2D eigenvalue weighted by Gasteiger charge is -2.27. The van der Waals surface area contributed by atoms with Crippen molar-refractivity contribution in [1.29, 1.82) is 0 Å². The molecule has 0 fully saturated rings. The molecule has 4 heteroatoms. The molecule has 0 saturated carbocycles. The first-order valence-electron chi connectivity index (χ1n) is 10.6. The Bertz CT molecular complexity index is 1400. The molecule has 5 aromatic rings. The van der Waals surface area contributed by atoms with Gasteiger partial charge in [-0.1, -0.05) is 54.6 Å². The molecule has 1 aliphatic rings. The van der Waals surface area contributed by atoms with E-state index in [-0.39, 0.29) is 0 Å². The van der Waals surface area contributed by atoms with Crippen molar-refractivity contribution < 1.29 is 0 Å². The average molecular weight is 403 g/mol. The number of benzene rings is 3. The van der Waals surface area contributed by atoms with Gasteiger partial charge in [0.2, 0.25) is 5.95 Å². The number of fused-ring (bicyclic) bond motifs is 4. The highest BCUT2D eigenvalue weighted by Crippen LogP contribution is 2.41. The van der Waals surface area contributed by atoms with Crippen LogP contribution in [0.4, 0.5) is 11.6 Å². The highest BCUT2D eigenvalue weighted by Gasteiger charge is 2.27. The predicted octanol–water partition coefficient (Wildman–Crippen LogP) is 6.36. The lowest BCUT2D eigenvalue weighted by molar-refractivity contribution is 0.782. The molecule has 1 atom stereocenters. The number of nitrogens with zero attached hydrogens (tertiary/aromatic N) is 2. The molecule has 2 heterocycles. The highest BCUT2D eigenvalue weighted by molar-refractivity contribution is 5.84.